The van der Waals surface area contributed by atoms with Crippen molar-refractivity contribution in [3.63, 3.8) is 0 Å². The molecule has 2 N–H and O–H groups in total. The van der Waals surface area contributed by atoms with Gasteiger partial charge in [0.2, 0.25) is 0 Å². The van der Waals surface area contributed by atoms with Crippen molar-refractivity contribution in [1.82, 2.24) is 15.2 Å². The van der Waals surface area contributed by atoms with E-state index in [4.69, 9.17) is 4.98 Å². The maximum Gasteiger partial charge on any atom is 0.354 e. The van der Waals surface area contributed by atoms with Crippen LogP contribution in [0.1, 0.15) is 32.9 Å². The molecule has 0 atom stereocenters. The number of carboxylic acid groups (broad SMARTS) is 1. The first kappa shape index (κ1) is 20.2. The summed E-state index contributed by atoms with van der Waals surface area (Å²) in [5.41, 5.74) is 3.12. The first-order valence-electron chi connectivity index (χ1n) is 10.1. The summed E-state index contributed by atoms with van der Waals surface area (Å²) >= 11 is 3.58. The van der Waals surface area contributed by atoms with Gasteiger partial charge >= 0.3 is 5.97 Å². The summed E-state index contributed by atoms with van der Waals surface area (Å²) in [6, 6.07) is 31.6. The van der Waals surface area contributed by atoms with Crippen molar-refractivity contribution in [2.24, 2.45) is 0 Å². The van der Waals surface area contributed by atoms with Crippen LogP contribution in [0.2, 0.25) is 0 Å². The van der Waals surface area contributed by atoms with Gasteiger partial charge in [0.15, 0.2) is 5.69 Å². The molecule has 0 aliphatic carbocycles. The lowest BCUT2D eigenvalue weighted by atomic mass is 9.66. The van der Waals surface area contributed by atoms with Gasteiger partial charge in [-0.25, -0.2) is 9.78 Å². The average Bonchev–Trinajstić information content (AvgIpc) is 3.22. The summed E-state index contributed by atoms with van der Waals surface area (Å²) < 4.78 is 0.652. The maximum absolute atomic E-state index is 12.0. The molecule has 156 valence electrons. The topological polar surface area (TPSA) is 78.9 Å². The van der Waals surface area contributed by atoms with Crippen molar-refractivity contribution in [2.75, 3.05) is 0 Å². The molecule has 0 saturated heterocycles. The molecule has 0 amide bonds. The van der Waals surface area contributed by atoms with E-state index in [9.17, 15) is 9.90 Å². The molecule has 0 bridgehead atoms. The summed E-state index contributed by atoms with van der Waals surface area (Å²) in [5, 5.41) is 17.9. The molecular formula is C26H18BrN3O2. The van der Waals surface area contributed by atoms with Crippen LogP contribution in [0.3, 0.4) is 0 Å². The predicted octanol–water partition coefficient (Wildman–Crippen LogP) is 5.80. The van der Waals surface area contributed by atoms with Crippen LogP contribution < -0.4 is 0 Å². The summed E-state index contributed by atoms with van der Waals surface area (Å²) in [6.07, 6.45) is 0. The Balaban J connectivity index is 2.03. The number of pyridine rings is 1. The molecule has 2 aromatic heterocycles. The van der Waals surface area contributed by atoms with Gasteiger partial charge in [0.1, 0.15) is 4.60 Å². The van der Waals surface area contributed by atoms with E-state index in [1.807, 2.05) is 54.6 Å². The number of benzene rings is 3. The minimum absolute atomic E-state index is 0.0568. The Bertz CT molecular complexity index is 1300. The lowest BCUT2D eigenvalue weighted by Crippen LogP contribution is -2.33. The second-order valence-electron chi connectivity index (χ2n) is 7.44. The largest absolute Gasteiger partial charge is 0.477 e. The zero-order valence-electron chi connectivity index (χ0n) is 16.9. The molecule has 5 aromatic rings. The number of carboxylic acids is 1. The normalized spacial score (nSPS) is 11.5. The SMILES string of the molecule is O=C(O)c1cc2n[nH]c(Br)c2c(C(c2ccccc2)(c2ccccc2)c2ccccc2)n1. The number of hydrogen-bond donors (Lipinski definition) is 2. The van der Waals surface area contributed by atoms with Gasteiger partial charge in [-0.15, -0.1) is 0 Å². The van der Waals surface area contributed by atoms with Crippen LogP contribution in [-0.4, -0.2) is 26.3 Å². The number of fused-ring (bicyclic) bond motifs is 1. The van der Waals surface area contributed by atoms with Crippen molar-refractivity contribution in [2.45, 2.75) is 5.41 Å². The van der Waals surface area contributed by atoms with Gasteiger partial charge in [0.25, 0.3) is 0 Å². The first-order chi connectivity index (χ1) is 15.6. The molecule has 5 nitrogen and oxygen atoms in total. The number of aromatic amines is 1. The molecule has 0 radical (unpaired) electrons. The van der Waals surface area contributed by atoms with Crippen LogP contribution in [0.15, 0.2) is 102 Å². The van der Waals surface area contributed by atoms with E-state index >= 15 is 0 Å². The van der Waals surface area contributed by atoms with Crippen molar-refractivity contribution < 1.29 is 9.90 Å². The van der Waals surface area contributed by atoms with E-state index in [0.29, 0.717) is 15.8 Å². The molecule has 0 unspecified atom stereocenters. The van der Waals surface area contributed by atoms with Gasteiger partial charge in [-0.05, 0) is 38.7 Å². The standard InChI is InChI=1S/C26H18BrN3O2/c27-24-22-20(29-30-24)16-21(25(31)32)28-23(22)26(17-10-4-1-5-11-17,18-12-6-2-7-13-18)19-14-8-3-9-15-19/h1-16H,(H,29,30)(H,31,32). The number of aromatic nitrogens is 3. The van der Waals surface area contributed by atoms with Gasteiger partial charge in [-0.3, -0.25) is 5.10 Å². The monoisotopic (exact) mass is 483 g/mol. The quantitative estimate of drug-likeness (QED) is 0.309. The highest BCUT2D eigenvalue weighted by atomic mass is 79.9. The zero-order chi connectivity index (χ0) is 22.1. The lowest BCUT2D eigenvalue weighted by Gasteiger charge is -2.36. The van der Waals surface area contributed by atoms with Crippen molar-refractivity contribution >= 4 is 32.8 Å². The number of aromatic carboxylic acids is 1. The Kier molecular flexibility index (Phi) is 5.07. The average molecular weight is 484 g/mol. The van der Waals surface area contributed by atoms with E-state index in [1.165, 1.54) is 6.07 Å². The Morgan fingerprint density at radius 1 is 0.812 bits per heavy atom. The van der Waals surface area contributed by atoms with Crippen LogP contribution in [0, 0.1) is 0 Å². The van der Waals surface area contributed by atoms with Crippen LogP contribution in [0.25, 0.3) is 10.9 Å². The van der Waals surface area contributed by atoms with Gasteiger partial charge < -0.3 is 5.11 Å². The number of halogens is 1. The fourth-order valence-corrected chi connectivity index (χ4v) is 4.84. The molecule has 0 aliphatic heterocycles. The first-order valence-corrected chi connectivity index (χ1v) is 10.9. The predicted molar refractivity (Wildman–Crippen MR) is 127 cm³/mol. The highest BCUT2D eigenvalue weighted by Gasteiger charge is 2.42. The Morgan fingerprint density at radius 2 is 1.28 bits per heavy atom. The van der Waals surface area contributed by atoms with E-state index < -0.39 is 11.4 Å². The van der Waals surface area contributed by atoms with Crippen LogP contribution in [0.5, 0.6) is 0 Å². The maximum atomic E-state index is 12.0. The van der Waals surface area contributed by atoms with Gasteiger partial charge in [-0.2, -0.15) is 5.10 Å². The minimum atomic E-state index is -1.10. The van der Waals surface area contributed by atoms with E-state index in [-0.39, 0.29) is 5.69 Å². The number of hydrogen-bond acceptors (Lipinski definition) is 3. The second-order valence-corrected chi connectivity index (χ2v) is 8.23. The Hall–Kier alpha value is -3.77. The number of H-pyrrole nitrogens is 1. The fourth-order valence-electron chi connectivity index (χ4n) is 4.36. The van der Waals surface area contributed by atoms with Crippen LogP contribution in [0.4, 0.5) is 0 Å². The molecule has 0 fully saturated rings. The van der Waals surface area contributed by atoms with Gasteiger partial charge in [0.05, 0.1) is 22.0 Å². The molecule has 0 spiro atoms. The van der Waals surface area contributed by atoms with E-state index in [1.54, 1.807) is 0 Å². The smallest absolute Gasteiger partial charge is 0.354 e. The summed E-state index contributed by atoms with van der Waals surface area (Å²) in [7, 11) is 0. The van der Waals surface area contributed by atoms with Crippen molar-refractivity contribution in [3.05, 3.63) is 130 Å². The molecule has 6 heteroatoms. The molecule has 3 aromatic carbocycles. The van der Waals surface area contributed by atoms with E-state index in [2.05, 4.69) is 62.5 Å². The van der Waals surface area contributed by atoms with Crippen molar-refractivity contribution in [3.8, 4) is 0 Å². The third-order valence-electron chi connectivity index (χ3n) is 5.69. The second kappa shape index (κ2) is 8.05. The number of rotatable bonds is 5. The fraction of sp³-hybridized carbons (Fsp3) is 0.0385. The molecule has 2 heterocycles. The Labute approximate surface area is 192 Å². The molecule has 0 saturated carbocycles. The zero-order valence-corrected chi connectivity index (χ0v) is 18.5. The third kappa shape index (κ3) is 3.11. The summed E-state index contributed by atoms with van der Waals surface area (Å²) in [4.78, 5) is 16.8. The Morgan fingerprint density at radius 3 is 1.72 bits per heavy atom. The third-order valence-corrected chi connectivity index (χ3v) is 6.26. The summed E-state index contributed by atoms with van der Waals surface area (Å²) in [6.45, 7) is 0. The molecule has 5 rings (SSSR count). The number of carbonyl (C=O) groups is 1. The molecule has 32 heavy (non-hydrogen) atoms. The molecular weight excluding hydrogens is 466 g/mol. The highest BCUT2D eigenvalue weighted by Crippen LogP contribution is 2.47. The van der Waals surface area contributed by atoms with Gasteiger partial charge in [0, 0.05) is 0 Å². The number of nitrogens with one attached hydrogen (secondary N) is 1. The van der Waals surface area contributed by atoms with Crippen LogP contribution in [-0.2, 0) is 5.41 Å². The number of nitrogens with zero attached hydrogens (tertiary/aromatic N) is 2. The van der Waals surface area contributed by atoms with Crippen molar-refractivity contribution in [1.29, 1.82) is 0 Å². The van der Waals surface area contributed by atoms with E-state index in [0.717, 1.165) is 22.1 Å². The van der Waals surface area contributed by atoms with Crippen LogP contribution >= 0.6 is 15.9 Å². The lowest BCUT2D eigenvalue weighted by molar-refractivity contribution is 0.0690. The highest BCUT2D eigenvalue weighted by molar-refractivity contribution is 9.10. The minimum Gasteiger partial charge on any atom is -0.477 e. The van der Waals surface area contributed by atoms with Gasteiger partial charge in [-0.1, -0.05) is 91.0 Å². The molecule has 0 aliphatic rings. The summed E-state index contributed by atoms with van der Waals surface area (Å²) in [5.74, 6) is -1.10.